The fourth-order valence-electron chi connectivity index (χ4n) is 4.41. The molecule has 1 N–H and O–H groups in total. The first kappa shape index (κ1) is 33.7. The highest BCUT2D eigenvalue weighted by atomic mass is 35.5. The Labute approximate surface area is 263 Å². The third-order valence-electron chi connectivity index (χ3n) is 6.86. The molecule has 1 atom stereocenters. The fourth-order valence-corrected chi connectivity index (χ4v) is 6.57. The van der Waals surface area contributed by atoms with Gasteiger partial charge in [-0.2, -0.15) is 0 Å². The summed E-state index contributed by atoms with van der Waals surface area (Å²) in [5.41, 5.74) is 2.09. The second kappa shape index (κ2) is 14.6. The lowest BCUT2D eigenvalue weighted by Gasteiger charge is -2.34. The average Bonchev–Trinajstić information content (AvgIpc) is 2.93. The average molecular weight is 653 g/mol. The Kier molecular flexibility index (Phi) is 11.7. The Hall–Kier alpha value is -2.78. The standard InChI is InChI=1S/C31H36Cl3N3O4S/c1-6-28(31(39)35-17-20(2)3)36(18-24-26(33)10-7-11-27(24)34)30(38)19-37(29-12-8-9-25(32)22(29)5)42(40,41)23-15-13-21(4)14-16-23/h7-16,20,28H,6,17-19H2,1-5H3,(H,35,39)/t28-/m0/s1. The number of benzene rings is 3. The van der Waals surface area contributed by atoms with Crippen LogP contribution >= 0.6 is 34.8 Å². The number of nitrogens with one attached hydrogen (secondary N) is 1. The first-order valence-electron chi connectivity index (χ1n) is 13.6. The number of rotatable bonds is 12. The van der Waals surface area contributed by atoms with E-state index < -0.39 is 28.5 Å². The number of sulfonamides is 1. The van der Waals surface area contributed by atoms with Crippen LogP contribution in [0.15, 0.2) is 65.6 Å². The van der Waals surface area contributed by atoms with Crippen molar-refractivity contribution in [3.05, 3.63) is 92.4 Å². The van der Waals surface area contributed by atoms with Gasteiger partial charge in [-0.25, -0.2) is 8.42 Å². The number of carbonyl (C=O) groups is 2. The molecule has 0 saturated carbocycles. The largest absolute Gasteiger partial charge is 0.354 e. The molecule has 3 aromatic carbocycles. The Morgan fingerprint density at radius 1 is 0.881 bits per heavy atom. The quantitative estimate of drug-likeness (QED) is 0.227. The molecule has 0 bridgehead atoms. The second-order valence-electron chi connectivity index (χ2n) is 10.5. The molecule has 226 valence electrons. The zero-order valence-corrected chi connectivity index (χ0v) is 27.4. The normalized spacial score (nSPS) is 12.2. The van der Waals surface area contributed by atoms with Crippen LogP contribution in [-0.4, -0.2) is 44.3 Å². The highest BCUT2D eigenvalue weighted by Crippen LogP contribution is 2.32. The van der Waals surface area contributed by atoms with E-state index in [2.05, 4.69) is 5.32 Å². The number of amides is 2. The predicted molar refractivity (Wildman–Crippen MR) is 171 cm³/mol. The van der Waals surface area contributed by atoms with Crippen LogP contribution in [0, 0.1) is 19.8 Å². The molecule has 0 saturated heterocycles. The highest BCUT2D eigenvalue weighted by Gasteiger charge is 2.35. The molecule has 0 heterocycles. The lowest BCUT2D eigenvalue weighted by molar-refractivity contribution is -0.140. The summed E-state index contributed by atoms with van der Waals surface area (Å²) in [6.45, 7) is 8.99. The van der Waals surface area contributed by atoms with Crippen LogP contribution in [-0.2, 0) is 26.2 Å². The van der Waals surface area contributed by atoms with Gasteiger partial charge in [-0.3, -0.25) is 13.9 Å². The first-order chi connectivity index (χ1) is 19.8. The lowest BCUT2D eigenvalue weighted by atomic mass is 10.1. The van der Waals surface area contributed by atoms with Crippen LogP contribution in [0.1, 0.15) is 43.9 Å². The van der Waals surface area contributed by atoms with Crippen LogP contribution in [0.4, 0.5) is 5.69 Å². The summed E-state index contributed by atoms with van der Waals surface area (Å²) in [6.07, 6.45) is 0.276. The molecular formula is C31H36Cl3N3O4S. The summed E-state index contributed by atoms with van der Waals surface area (Å²) in [6, 6.07) is 15.3. The molecule has 0 spiro atoms. The van der Waals surface area contributed by atoms with Crippen molar-refractivity contribution >= 4 is 62.3 Å². The van der Waals surface area contributed by atoms with Gasteiger partial charge >= 0.3 is 0 Å². The number of halogens is 3. The van der Waals surface area contributed by atoms with E-state index in [0.717, 1.165) is 9.87 Å². The zero-order valence-electron chi connectivity index (χ0n) is 24.3. The molecule has 7 nitrogen and oxygen atoms in total. The molecule has 0 aliphatic rings. The number of aryl methyl sites for hydroxylation is 1. The van der Waals surface area contributed by atoms with Crippen molar-refractivity contribution in [2.45, 2.75) is 58.5 Å². The summed E-state index contributed by atoms with van der Waals surface area (Å²) >= 11 is 19.3. The third-order valence-corrected chi connectivity index (χ3v) is 9.75. The van der Waals surface area contributed by atoms with E-state index in [-0.39, 0.29) is 35.4 Å². The van der Waals surface area contributed by atoms with E-state index in [1.54, 1.807) is 62.4 Å². The minimum Gasteiger partial charge on any atom is -0.354 e. The molecule has 0 aromatic heterocycles. The molecule has 0 radical (unpaired) electrons. The van der Waals surface area contributed by atoms with Crippen molar-refractivity contribution in [3.8, 4) is 0 Å². The van der Waals surface area contributed by atoms with Crippen LogP contribution in [0.3, 0.4) is 0 Å². The molecule has 0 aliphatic carbocycles. The predicted octanol–water partition coefficient (Wildman–Crippen LogP) is 7.04. The number of hydrogen-bond acceptors (Lipinski definition) is 4. The molecule has 3 aromatic rings. The molecule has 2 amide bonds. The maximum absolute atomic E-state index is 14.2. The van der Waals surface area contributed by atoms with Gasteiger partial charge in [0.1, 0.15) is 12.6 Å². The van der Waals surface area contributed by atoms with Gasteiger partial charge in [0, 0.05) is 33.7 Å². The van der Waals surface area contributed by atoms with Crippen molar-refractivity contribution in [2.24, 2.45) is 5.92 Å². The molecule has 42 heavy (non-hydrogen) atoms. The maximum atomic E-state index is 14.2. The van der Waals surface area contributed by atoms with Gasteiger partial charge in [0.15, 0.2) is 0 Å². The summed E-state index contributed by atoms with van der Waals surface area (Å²) in [5, 5.41) is 3.90. The van der Waals surface area contributed by atoms with Crippen molar-refractivity contribution in [1.82, 2.24) is 10.2 Å². The summed E-state index contributed by atoms with van der Waals surface area (Å²) in [7, 11) is -4.23. The second-order valence-corrected chi connectivity index (χ2v) is 13.6. The van der Waals surface area contributed by atoms with Gasteiger partial charge in [-0.05, 0) is 68.1 Å². The van der Waals surface area contributed by atoms with Gasteiger partial charge in [-0.15, -0.1) is 0 Å². The highest BCUT2D eigenvalue weighted by molar-refractivity contribution is 7.92. The van der Waals surface area contributed by atoms with Gasteiger partial charge in [-0.1, -0.05) is 85.4 Å². The lowest BCUT2D eigenvalue weighted by Crippen LogP contribution is -2.52. The van der Waals surface area contributed by atoms with E-state index in [1.165, 1.54) is 17.0 Å². The van der Waals surface area contributed by atoms with Crippen molar-refractivity contribution in [3.63, 3.8) is 0 Å². The first-order valence-corrected chi connectivity index (χ1v) is 16.2. The van der Waals surface area contributed by atoms with E-state index >= 15 is 0 Å². The smallest absolute Gasteiger partial charge is 0.264 e. The van der Waals surface area contributed by atoms with Gasteiger partial charge in [0.25, 0.3) is 10.0 Å². The van der Waals surface area contributed by atoms with Crippen LogP contribution in [0.25, 0.3) is 0 Å². The Balaban J connectivity index is 2.13. The van der Waals surface area contributed by atoms with E-state index in [4.69, 9.17) is 34.8 Å². The van der Waals surface area contributed by atoms with Crippen molar-refractivity contribution in [1.29, 1.82) is 0 Å². The molecule has 0 fully saturated rings. The molecule has 3 rings (SSSR count). The van der Waals surface area contributed by atoms with E-state index in [0.29, 0.717) is 32.7 Å². The molecule has 11 heteroatoms. The molecular weight excluding hydrogens is 617 g/mol. The zero-order chi connectivity index (χ0) is 31.2. The van der Waals surface area contributed by atoms with Gasteiger partial charge < -0.3 is 10.2 Å². The Bertz CT molecular complexity index is 1510. The maximum Gasteiger partial charge on any atom is 0.264 e. The number of hydrogen-bond donors (Lipinski definition) is 1. The summed E-state index contributed by atoms with van der Waals surface area (Å²) in [4.78, 5) is 29.0. The fraction of sp³-hybridized carbons (Fsp3) is 0.355. The third kappa shape index (κ3) is 7.98. The van der Waals surface area contributed by atoms with E-state index in [9.17, 15) is 18.0 Å². The van der Waals surface area contributed by atoms with Gasteiger partial charge in [0.05, 0.1) is 10.6 Å². The summed E-state index contributed by atoms with van der Waals surface area (Å²) in [5.74, 6) is -0.767. The minimum atomic E-state index is -4.23. The number of anilines is 1. The van der Waals surface area contributed by atoms with Gasteiger partial charge in [0.2, 0.25) is 11.8 Å². The van der Waals surface area contributed by atoms with Crippen LogP contribution < -0.4 is 9.62 Å². The monoisotopic (exact) mass is 651 g/mol. The van der Waals surface area contributed by atoms with E-state index in [1.807, 2.05) is 20.8 Å². The summed E-state index contributed by atoms with van der Waals surface area (Å²) < 4.78 is 29.2. The Morgan fingerprint density at radius 3 is 2.02 bits per heavy atom. The van der Waals surface area contributed by atoms with Crippen molar-refractivity contribution < 1.29 is 18.0 Å². The topological polar surface area (TPSA) is 86.8 Å². The molecule has 0 aliphatic heterocycles. The SMILES string of the molecule is CC[C@@H](C(=O)NCC(C)C)N(Cc1c(Cl)cccc1Cl)C(=O)CN(c1cccc(Cl)c1C)S(=O)(=O)c1ccc(C)cc1. The minimum absolute atomic E-state index is 0.0164. The Morgan fingerprint density at radius 2 is 1.45 bits per heavy atom. The number of nitrogens with zero attached hydrogens (tertiary/aromatic N) is 2. The van der Waals surface area contributed by atoms with Crippen LogP contribution in [0.5, 0.6) is 0 Å². The van der Waals surface area contributed by atoms with Crippen LogP contribution in [0.2, 0.25) is 15.1 Å². The van der Waals surface area contributed by atoms with Crippen molar-refractivity contribution in [2.75, 3.05) is 17.4 Å². The molecule has 0 unspecified atom stereocenters. The number of carbonyl (C=O) groups excluding carboxylic acids is 2.